The lowest BCUT2D eigenvalue weighted by atomic mass is 9.49. The SMILES string of the molecule is Cc1ccc(C(=O)COC(=O)CNC(=O)CC23CC4CC(CC(C4)C2)C3)c(C)c1. The summed E-state index contributed by atoms with van der Waals surface area (Å²) < 4.78 is 5.08. The first kappa shape index (κ1) is 20.1. The molecule has 4 saturated carbocycles. The summed E-state index contributed by atoms with van der Waals surface area (Å²) in [6.45, 7) is 3.36. The minimum atomic E-state index is -0.568. The second kappa shape index (κ2) is 7.92. The summed E-state index contributed by atoms with van der Waals surface area (Å²) in [5.74, 6) is 1.54. The van der Waals surface area contributed by atoms with Crippen molar-refractivity contribution < 1.29 is 19.1 Å². The number of ketones is 1. The Balaban J connectivity index is 1.21. The Morgan fingerprint density at radius 3 is 2.24 bits per heavy atom. The maximum atomic E-state index is 12.5. The molecule has 5 nitrogen and oxygen atoms in total. The van der Waals surface area contributed by atoms with Crippen LogP contribution in [0.1, 0.15) is 66.4 Å². The molecule has 5 rings (SSSR count). The summed E-state index contributed by atoms with van der Waals surface area (Å²) in [4.78, 5) is 36.8. The number of hydrogen-bond donors (Lipinski definition) is 1. The van der Waals surface area contributed by atoms with Crippen LogP contribution in [0.15, 0.2) is 18.2 Å². The molecule has 0 saturated heterocycles. The molecule has 0 unspecified atom stereocenters. The Morgan fingerprint density at radius 2 is 1.66 bits per heavy atom. The summed E-state index contributed by atoms with van der Waals surface area (Å²) in [5, 5.41) is 2.71. The zero-order chi connectivity index (χ0) is 20.6. The van der Waals surface area contributed by atoms with Crippen molar-refractivity contribution in [1.29, 1.82) is 0 Å². The highest BCUT2D eigenvalue weighted by Crippen LogP contribution is 2.61. The Morgan fingerprint density at radius 1 is 1.03 bits per heavy atom. The van der Waals surface area contributed by atoms with Gasteiger partial charge < -0.3 is 10.1 Å². The van der Waals surface area contributed by atoms with E-state index in [0.717, 1.165) is 28.9 Å². The third-order valence-corrected chi connectivity index (χ3v) is 7.18. The second-order valence-electron chi connectivity index (χ2n) is 9.77. The number of esters is 1. The summed E-state index contributed by atoms with van der Waals surface area (Å²) in [5.41, 5.74) is 2.67. The fourth-order valence-corrected chi connectivity index (χ4v) is 6.48. The summed E-state index contributed by atoms with van der Waals surface area (Å²) in [7, 11) is 0. The van der Waals surface area contributed by atoms with Crippen LogP contribution in [0, 0.1) is 37.0 Å². The highest BCUT2D eigenvalue weighted by atomic mass is 16.5. The van der Waals surface area contributed by atoms with Crippen LogP contribution in [0.3, 0.4) is 0 Å². The quantitative estimate of drug-likeness (QED) is 0.562. The molecule has 0 spiro atoms. The molecule has 156 valence electrons. The number of hydrogen-bond acceptors (Lipinski definition) is 4. The van der Waals surface area contributed by atoms with Gasteiger partial charge in [-0.3, -0.25) is 14.4 Å². The fraction of sp³-hybridized carbons (Fsp3) is 0.625. The van der Waals surface area contributed by atoms with Gasteiger partial charge >= 0.3 is 5.97 Å². The van der Waals surface area contributed by atoms with Gasteiger partial charge in [-0.2, -0.15) is 0 Å². The van der Waals surface area contributed by atoms with E-state index in [2.05, 4.69) is 5.32 Å². The Labute approximate surface area is 172 Å². The van der Waals surface area contributed by atoms with Crippen LogP contribution in [0.2, 0.25) is 0 Å². The summed E-state index contributed by atoms with van der Waals surface area (Å²) >= 11 is 0. The highest BCUT2D eigenvalue weighted by molar-refractivity contribution is 5.99. The van der Waals surface area contributed by atoms with Gasteiger partial charge in [0.05, 0.1) is 0 Å². The molecular weight excluding hydrogens is 366 g/mol. The van der Waals surface area contributed by atoms with E-state index in [-0.39, 0.29) is 30.3 Å². The van der Waals surface area contributed by atoms with E-state index < -0.39 is 5.97 Å². The lowest BCUT2D eigenvalue weighted by Gasteiger charge is -2.56. The average Bonchev–Trinajstić information content (AvgIpc) is 2.63. The normalized spacial score (nSPS) is 29.5. The fourth-order valence-electron chi connectivity index (χ4n) is 6.48. The number of carbonyl (C=O) groups excluding carboxylic acids is 3. The maximum absolute atomic E-state index is 12.5. The van der Waals surface area contributed by atoms with Crippen molar-refractivity contribution in [2.75, 3.05) is 13.2 Å². The smallest absolute Gasteiger partial charge is 0.325 e. The highest BCUT2D eigenvalue weighted by Gasteiger charge is 2.51. The first-order valence-corrected chi connectivity index (χ1v) is 10.8. The number of ether oxygens (including phenoxy) is 1. The van der Waals surface area contributed by atoms with Crippen molar-refractivity contribution in [2.24, 2.45) is 23.2 Å². The number of aryl methyl sites for hydroxylation is 2. The Bertz CT molecular complexity index is 793. The molecule has 0 atom stereocenters. The minimum absolute atomic E-state index is 0.0652. The molecule has 1 aromatic carbocycles. The molecule has 5 heteroatoms. The number of rotatable bonds is 7. The van der Waals surface area contributed by atoms with Crippen LogP contribution in [0.4, 0.5) is 0 Å². The molecule has 0 radical (unpaired) electrons. The van der Waals surface area contributed by atoms with Gasteiger partial charge in [-0.1, -0.05) is 23.8 Å². The number of carbonyl (C=O) groups is 3. The van der Waals surface area contributed by atoms with Gasteiger partial charge in [-0.05, 0) is 81.1 Å². The molecule has 29 heavy (non-hydrogen) atoms. The monoisotopic (exact) mass is 397 g/mol. The van der Waals surface area contributed by atoms with Crippen LogP contribution in [0.5, 0.6) is 0 Å². The molecule has 0 aromatic heterocycles. The summed E-state index contributed by atoms with van der Waals surface area (Å²) in [6, 6.07) is 5.56. The molecule has 0 aliphatic heterocycles. The molecular formula is C24H31NO4. The minimum Gasteiger partial charge on any atom is -0.456 e. The van der Waals surface area contributed by atoms with E-state index in [1.807, 2.05) is 26.0 Å². The molecule has 1 aromatic rings. The van der Waals surface area contributed by atoms with E-state index in [1.165, 1.54) is 38.5 Å². The Kier molecular flexibility index (Phi) is 5.50. The molecule has 1 N–H and O–H groups in total. The van der Waals surface area contributed by atoms with Gasteiger partial charge in [0.2, 0.25) is 11.7 Å². The average molecular weight is 398 g/mol. The molecule has 1 amide bonds. The molecule has 4 fully saturated rings. The predicted molar refractivity (Wildman–Crippen MR) is 109 cm³/mol. The standard InChI is InChI=1S/C24H31NO4/c1-15-3-4-20(16(2)5-15)21(26)14-29-23(28)13-25-22(27)12-24-9-17-6-18(10-24)8-19(7-17)11-24/h3-5,17-19H,6-14H2,1-2H3,(H,25,27). The third-order valence-electron chi connectivity index (χ3n) is 7.18. The van der Waals surface area contributed by atoms with Gasteiger partial charge in [0.25, 0.3) is 0 Å². The number of nitrogens with one attached hydrogen (secondary N) is 1. The van der Waals surface area contributed by atoms with Crippen molar-refractivity contribution in [2.45, 2.75) is 58.8 Å². The first-order chi connectivity index (χ1) is 13.8. The van der Waals surface area contributed by atoms with Crippen molar-refractivity contribution in [3.63, 3.8) is 0 Å². The van der Waals surface area contributed by atoms with Crippen LogP contribution in [-0.4, -0.2) is 30.8 Å². The lowest BCUT2D eigenvalue weighted by Crippen LogP contribution is -2.48. The van der Waals surface area contributed by atoms with E-state index >= 15 is 0 Å². The second-order valence-corrected chi connectivity index (χ2v) is 9.77. The van der Waals surface area contributed by atoms with Gasteiger partial charge in [-0.15, -0.1) is 0 Å². The van der Waals surface area contributed by atoms with Gasteiger partial charge in [-0.25, -0.2) is 0 Å². The number of Topliss-reactive ketones (excluding diaryl/α,β-unsaturated/α-hetero) is 1. The van der Waals surface area contributed by atoms with Crippen LogP contribution in [-0.2, 0) is 14.3 Å². The van der Waals surface area contributed by atoms with Gasteiger partial charge in [0.15, 0.2) is 6.61 Å². The zero-order valence-corrected chi connectivity index (χ0v) is 17.5. The van der Waals surface area contributed by atoms with Gasteiger partial charge in [0, 0.05) is 12.0 Å². The van der Waals surface area contributed by atoms with Crippen molar-refractivity contribution in [1.82, 2.24) is 5.32 Å². The topological polar surface area (TPSA) is 72.5 Å². The number of benzene rings is 1. The largest absolute Gasteiger partial charge is 0.456 e. The van der Waals surface area contributed by atoms with E-state index in [0.29, 0.717) is 12.0 Å². The van der Waals surface area contributed by atoms with Gasteiger partial charge in [0.1, 0.15) is 6.54 Å². The molecule has 4 bridgehead atoms. The first-order valence-electron chi connectivity index (χ1n) is 10.8. The van der Waals surface area contributed by atoms with Crippen molar-refractivity contribution >= 4 is 17.7 Å². The lowest BCUT2D eigenvalue weighted by molar-refractivity contribution is -0.143. The molecule has 4 aliphatic rings. The predicted octanol–water partition coefficient (Wildman–Crippen LogP) is 3.75. The Hall–Kier alpha value is -2.17. The van der Waals surface area contributed by atoms with E-state index in [4.69, 9.17) is 4.74 Å². The van der Waals surface area contributed by atoms with Crippen LogP contribution < -0.4 is 5.32 Å². The summed E-state index contributed by atoms with van der Waals surface area (Å²) in [6.07, 6.45) is 8.07. The van der Waals surface area contributed by atoms with Crippen molar-refractivity contribution in [3.8, 4) is 0 Å². The molecule has 0 heterocycles. The van der Waals surface area contributed by atoms with E-state index in [1.54, 1.807) is 6.07 Å². The van der Waals surface area contributed by atoms with Crippen molar-refractivity contribution in [3.05, 3.63) is 34.9 Å². The zero-order valence-electron chi connectivity index (χ0n) is 17.5. The maximum Gasteiger partial charge on any atom is 0.325 e. The van der Waals surface area contributed by atoms with Crippen LogP contribution >= 0.6 is 0 Å². The van der Waals surface area contributed by atoms with Crippen LogP contribution in [0.25, 0.3) is 0 Å². The molecule has 4 aliphatic carbocycles. The number of amides is 1. The van der Waals surface area contributed by atoms with E-state index in [9.17, 15) is 14.4 Å². The third kappa shape index (κ3) is 4.54.